The predicted octanol–water partition coefficient (Wildman–Crippen LogP) is 1.81. The summed E-state index contributed by atoms with van der Waals surface area (Å²) in [5.41, 5.74) is 2.44. The molecule has 2 aromatic carbocycles. The Kier molecular flexibility index (Phi) is 5.16. The van der Waals surface area contributed by atoms with Crippen molar-refractivity contribution in [2.24, 2.45) is 0 Å². The Morgan fingerprint density at radius 2 is 1.93 bits per heavy atom. The largest absolute Gasteiger partial charge is 0.439 e. The van der Waals surface area contributed by atoms with E-state index in [9.17, 15) is 18.0 Å². The molecular weight excluding hydrogens is 384 g/mol. The number of hydrogen-bond acceptors (Lipinski definition) is 6. The van der Waals surface area contributed by atoms with Gasteiger partial charge in [0.2, 0.25) is 10.0 Å². The average molecular weight is 402 g/mol. The number of aromatic amines is 1. The van der Waals surface area contributed by atoms with Gasteiger partial charge in [-0.05, 0) is 56.3 Å². The van der Waals surface area contributed by atoms with Gasteiger partial charge in [0.25, 0.3) is 5.91 Å². The number of nitrogens with zero attached hydrogens (tertiary/aromatic N) is 1. The molecule has 3 rings (SSSR count). The molecule has 1 heterocycles. The molecule has 3 aromatic rings. The molecule has 0 aliphatic heterocycles. The molecule has 0 bridgehead atoms. The number of carbonyl (C=O) groups excluding carboxylic acids is 1. The zero-order chi connectivity index (χ0) is 20.5. The van der Waals surface area contributed by atoms with E-state index in [1.807, 2.05) is 0 Å². The third-order valence-corrected chi connectivity index (χ3v) is 5.81. The quantitative estimate of drug-likeness (QED) is 0.596. The van der Waals surface area contributed by atoms with Crippen LogP contribution in [0.25, 0.3) is 11.4 Å². The standard InChI is InChI=1S/C18H18N4O5S/c1-10-7-13(9-15(11(10)2)28(25,26)19-3)17(23)20-14-6-4-5-12(8-14)16-21-18(24)27-22-16/h4-9,19H,1-3H3,(H,20,23)(H,21,22,24). The van der Waals surface area contributed by atoms with Gasteiger partial charge in [0.05, 0.1) is 4.90 Å². The summed E-state index contributed by atoms with van der Waals surface area (Å²) in [6, 6.07) is 9.59. The minimum atomic E-state index is -3.70. The van der Waals surface area contributed by atoms with E-state index in [4.69, 9.17) is 0 Å². The number of carbonyl (C=O) groups is 1. The molecule has 0 saturated carbocycles. The molecule has 146 valence electrons. The van der Waals surface area contributed by atoms with Gasteiger partial charge in [-0.3, -0.25) is 14.3 Å². The van der Waals surface area contributed by atoms with E-state index < -0.39 is 21.7 Å². The summed E-state index contributed by atoms with van der Waals surface area (Å²) < 4.78 is 31.2. The zero-order valence-electron chi connectivity index (χ0n) is 15.4. The third-order valence-electron chi connectivity index (χ3n) is 4.27. The van der Waals surface area contributed by atoms with Gasteiger partial charge >= 0.3 is 5.76 Å². The highest BCUT2D eigenvalue weighted by atomic mass is 32.2. The molecule has 10 heteroatoms. The number of amides is 1. The minimum absolute atomic E-state index is 0.0501. The van der Waals surface area contributed by atoms with Gasteiger partial charge in [0.15, 0.2) is 5.82 Å². The van der Waals surface area contributed by atoms with Crippen LogP contribution in [-0.2, 0) is 10.0 Å². The first-order valence-electron chi connectivity index (χ1n) is 8.24. The van der Waals surface area contributed by atoms with Crippen LogP contribution in [0.2, 0.25) is 0 Å². The van der Waals surface area contributed by atoms with Crippen molar-refractivity contribution in [3.05, 3.63) is 63.6 Å². The summed E-state index contributed by atoms with van der Waals surface area (Å²) in [6.45, 7) is 3.42. The number of rotatable bonds is 5. The van der Waals surface area contributed by atoms with Crippen LogP contribution in [0.3, 0.4) is 0 Å². The summed E-state index contributed by atoms with van der Waals surface area (Å²) >= 11 is 0. The number of sulfonamides is 1. The molecule has 9 nitrogen and oxygen atoms in total. The Morgan fingerprint density at radius 1 is 1.18 bits per heavy atom. The molecule has 0 spiro atoms. The highest BCUT2D eigenvalue weighted by Gasteiger charge is 2.19. The molecule has 1 aromatic heterocycles. The second kappa shape index (κ2) is 7.41. The van der Waals surface area contributed by atoms with Gasteiger partial charge in [-0.15, -0.1) is 0 Å². The van der Waals surface area contributed by atoms with Gasteiger partial charge in [-0.25, -0.2) is 17.9 Å². The molecule has 0 aliphatic rings. The van der Waals surface area contributed by atoms with E-state index >= 15 is 0 Å². The number of anilines is 1. The topological polar surface area (TPSA) is 134 Å². The van der Waals surface area contributed by atoms with Crippen molar-refractivity contribution in [3.63, 3.8) is 0 Å². The summed E-state index contributed by atoms with van der Waals surface area (Å²) in [4.78, 5) is 26.3. The van der Waals surface area contributed by atoms with Gasteiger partial charge in [0, 0.05) is 16.8 Å². The maximum Gasteiger partial charge on any atom is 0.439 e. The molecule has 0 radical (unpaired) electrons. The number of hydrogen-bond donors (Lipinski definition) is 3. The minimum Gasteiger partial charge on any atom is -0.322 e. The predicted molar refractivity (Wildman–Crippen MR) is 103 cm³/mol. The van der Waals surface area contributed by atoms with Gasteiger partial charge < -0.3 is 5.32 Å². The van der Waals surface area contributed by atoms with E-state index in [0.717, 1.165) is 0 Å². The van der Waals surface area contributed by atoms with Crippen LogP contribution in [-0.4, -0.2) is 31.5 Å². The van der Waals surface area contributed by atoms with Gasteiger partial charge in [-0.1, -0.05) is 17.3 Å². The second-order valence-corrected chi connectivity index (χ2v) is 7.96. The van der Waals surface area contributed by atoms with Crippen molar-refractivity contribution in [1.29, 1.82) is 0 Å². The van der Waals surface area contributed by atoms with Crippen molar-refractivity contribution in [1.82, 2.24) is 14.9 Å². The molecule has 0 aliphatic carbocycles. The number of aryl methyl sites for hydroxylation is 1. The van der Waals surface area contributed by atoms with Crippen molar-refractivity contribution < 1.29 is 17.7 Å². The number of benzene rings is 2. The van der Waals surface area contributed by atoms with Crippen LogP contribution in [0.4, 0.5) is 5.69 Å². The Hall–Kier alpha value is -3.24. The van der Waals surface area contributed by atoms with Crippen LogP contribution in [0.5, 0.6) is 0 Å². The fourth-order valence-electron chi connectivity index (χ4n) is 2.65. The van der Waals surface area contributed by atoms with Crippen LogP contribution in [0.1, 0.15) is 21.5 Å². The number of H-pyrrole nitrogens is 1. The maximum atomic E-state index is 12.7. The Labute approximate surface area is 160 Å². The zero-order valence-corrected chi connectivity index (χ0v) is 16.2. The first-order chi connectivity index (χ1) is 13.2. The fraction of sp³-hybridized carbons (Fsp3) is 0.167. The average Bonchev–Trinajstić information content (AvgIpc) is 3.10. The highest BCUT2D eigenvalue weighted by molar-refractivity contribution is 7.89. The van der Waals surface area contributed by atoms with Crippen LogP contribution in [0, 0.1) is 13.8 Å². The highest BCUT2D eigenvalue weighted by Crippen LogP contribution is 2.23. The lowest BCUT2D eigenvalue weighted by Crippen LogP contribution is -2.21. The van der Waals surface area contributed by atoms with E-state index in [-0.39, 0.29) is 16.3 Å². The SMILES string of the molecule is CNS(=O)(=O)c1cc(C(=O)Nc2cccc(-c3noc(=O)[nH]3)c2)cc(C)c1C. The normalized spacial score (nSPS) is 11.4. The van der Waals surface area contributed by atoms with E-state index in [2.05, 4.69) is 24.7 Å². The monoisotopic (exact) mass is 402 g/mol. The molecule has 1 amide bonds. The number of aromatic nitrogens is 2. The van der Waals surface area contributed by atoms with Crippen molar-refractivity contribution in [2.75, 3.05) is 12.4 Å². The van der Waals surface area contributed by atoms with E-state index in [1.54, 1.807) is 44.2 Å². The Morgan fingerprint density at radius 3 is 2.57 bits per heavy atom. The molecule has 28 heavy (non-hydrogen) atoms. The number of nitrogens with one attached hydrogen (secondary N) is 3. The third kappa shape index (κ3) is 3.87. The lowest BCUT2D eigenvalue weighted by molar-refractivity contribution is 0.102. The van der Waals surface area contributed by atoms with Crippen molar-refractivity contribution >= 4 is 21.6 Å². The Balaban J connectivity index is 1.93. The molecule has 0 unspecified atom stereocenters. The molecular formula is C18H18N4O5S. The van der Waals surface area contributed by atoms with Gasteiger partial charge in [-0.2, -0.15) is 0 Å². The first-order valence-corrected chi connectivity index (χ1v) is 9.72. The summed E-state index contributed by atoms with van der Waals surface area (Å²) in [5, 5.41) is 6.32. The Bertz CT molecular complexity index is 1210. The molecule has 0 fully saturated rings. The summed E-state index contributed by atoms with van der Waals surface area (Å²) in [5.74, 6) is -0.922. The lowest BCUT2D eigenvalue weighted by atomic mass is 10.1. The first kappa shape index (κ1) is 19.5. The fourth-order valence-corrected chi connectivity index (χ4v) is 3.72. The second-order valence-electron chi connectivity index (χ2n) is 6.10. The summed E-state index contributed by atoms with van der Waals surface area (Å²) in [7, 11) is -2.39. The van der Waals surface area contributed by atoms with E-state index in [1.165, 1.54) is 13.1 Å². The van der Waals surface area contributed by atoms with Gasteiger partial charge in [0.1, 0.15) is 0 Å². The van der Waals surface area contributed by atoms with Crippen molar-refractivity contribution in [2.45, 2.75) is 18.7 Å². The van der Waals surface area contributed by atoms with E-state index in [0.29, 0.717) is 22.4 Å². The lowest BCUT2D eigenvalue weighted by Gasteiger charge is -2.13. The summed E-state index contributed by atoms with van der Waals surface area (Å²) in [6.07, 6.45) is 0. The maximum absolute atomic E-state index is 12.7. The van der Waals surface area contributed by atoms with Crippen LogP contribution >= 0.6 is 0 Å². The van der Waals surface area contributed by atoms with Crippen LogP contribution in [0.15, 0.2) is 50.6 Å². The van der Waals surface area contributed by atoms with Crippen LogP contribution < -0.4 is 15.8 Å². The molecule has 0 atom stereocenters. The van der Waals surface area contributed by atoms with Crippen molar-refractivity contribution in [3.8, 4) is 11.4 Å². The molecule has 0 saturated heterocycles. The molecule has 3 N–H and O–H groups in total. The smallest absolute Gasteiger partial charge is 0.322 e.